The fraction of sp³-hybridized carbons (Fsp3) is 0.452. The van der Waals surface area contributed by atoms with Gasteiger partial charge in [0.1, 0.15) is 5.75 Å². The van der Waals surface area contributed by atoms with Crippen LogP contribution in [0.3, 0.4) is 0 Å². The van der Waals surface area contributed by atoms with E-state index < -0.39 is 64.4 Å². The van der Waals surface area contributed by atoms with Crippen LogP contribution >= 0.6 is 0 Å². The smallest absolute Gasteiger partial charge is 0.235 e. The van der Waals surface area contributed by atoms with Gasteiger partial charge >= 0.3 is 0 Å². The highest BCUT2D eigenvalue weighted by Crippen LogP contribution is 2.52. The van der Waals surface area contributed by atoms with E-state index in [0.29, 0.717) is 29.9 Å². The number of nitrogens with two attached hydrogens (primary N) is 1. The minimum absolute atomic E-state index is 0.00853. The molecule has 0 spiro atoms. The Labute approximate surface area is 243 Å². The topological polar surface area (TPSA) is 170 Å². The summed E-state index contributed by atoms with van der Waals surface area (Å²) in [6.07, 6.45) is 0.876. The number of nitrogens with zero attached hydrogens (tertiary/aromatic N) is 2. The predicted molar refractivity (Wildman–Crippen MR) is 154 cm³/mol. The number of benzene rings is 2. The van der Waals surface area contributed by atoms with Gasteiger partial charge in [0.2, 0.25) is 5.91 Å². The lowest BCUT2D eigenvalue weighted by Gasteiger charge is -2.52. The van der Waals surface area contributed by atoms with Gasteiger partial charge in [0.05, 0.1) is 23.2 Å². The van der Waals surface area contributed by atoms with Gasteiger partial charge in [-0.25, -0.2) is 0 Å². The maximum Gasteiger partial charge on any atom is 0.235 e. The number of carbonyl (C=O) groups excluding carboxylic acids is 5. The Morgan fingerprint density at radius 1 is 1.07 bits per heavy atom. The quantitative estimate of drug-likeness (QED) is 0.270. The first kappa shape index (κ1) is 29.4. The molecule has 2 aromatic carbocycles. The molecule has 2 fully saturated rings. The van der Waals surface area contributed by atoms with Crippen LogP contribution in [0.15, 0.2) is 36.4 Å². The number of primary amides is 1. The molecule has 11 heteroatoms. The summed E-state index contributed by atoms with van der Waals surface area (Å²) in [5, 5.41) is 26.3. The number of rotatable bonds is 7. The van der Waals surface area contributed by atoms with Gasteiger partial charge in [0.15, 0.2) is 34.7 Å². The predicted octanol–water partition coefficient (Wildman–Crippen LogP) is 0.588. The van der Waals surface area contributed by atoms with Crippen LogP contribution in [0.25, 0.3) is 0 Å². The van der Waals surface area contributed by atoms with Crippen LogP contribution in [-0.4, -0.2) is 90.5 Å². The van der Waals surface area contributed by atoms with Crippen molar-refractivity contribution in [2.45, 2.75) is 30.9 Å². The molecule has 6 unspecified atom stereocenters. The Bertz CT molecular complexity index is 1490. The van der Waals surface area contributed by atoms with E-state index in [4.69, 9.17) is 5.73 Å². The van der Waals surface area contributed by atoms with E-state index in [9.17, 15) is 34.2 Å². The molecular weight excluding hydrogens is 540 g/mol. The summed E-state index contributed by atoms with van der Waals surface area (Å²) in [6.45, 7) is 0.465. The number of nitrogens with one attached hydrogen (secondary N) is 1. The highest BCUT2D eigenvalue weighted by atomic mass is 16.3. The van der Waals surface area contributed by atoms with Crippen molar-refractivity contribution in [3.8, 4) is 5.75 Å². The Morgan fingerprint density at radius 3 is 2.33 bits per heavy atom. The van der Waals surface area contributed by atoms with Crippen molar-refractivity contribution >= 4 is 40.4 Å². The van der Waals surface area contributed by atoms with Crippen LogP contribution in [0.5, 0.6) is 5.75 Å². The van der Waals surface area contributed by atoms with Crippen molar-refractivity contribution in [3.63, 3.8) is 0 Å². The average molecular weight is 577 g/mol. The van der Waals surface area contributed by atoms with E-state index in [-0.39, 0.29) is 24.2 Å². The van der Waals surface area contributed by atoms with Crippen LogP contribution in [0.1, 0.15) is 27.9 Å². The minimum Gasteiger partial charge on any atom is -0.505 e. The highest BCUT2D eigenvalue weighted by Gasteiger charge is 2.69. The molecule has 5 N–H and O–H groups in total. The summed E-state index contributed by atoms with van der Waals surface area (Å²) in [5.41, 5.74) is 5.25. The zero-order valence-electron chi connectivity index (χ0n) is 24.1. The molecule has 0 bridgehead atoms. The standard InChI is InChI=1S/C31H36N4O7/c1-34(2)20-14-19(33-11-10-15-8-6-5-7-9-15)25(36)22-17(20)12-16-13-18-24(35(3)4)27(38)23(30(32)41)29(40)31(18,42)28(39)21(16)26(22)37/h5-9,14,16,18,21,23-24,33,36,42H,10-13H2,1-4H3,(H2,32,41). The molecule has 3 aliphatic carbocycles. The molecule has 11 nitrogen and oxygen atoms in total. The fourth-order valence-electron chi connectivity index (χ4n) is 7.17. The Kier molecular flexibility index (Phi) is 7.44. The first-order chi connectivity index (χ1) is 19.8. The molecule has 0 aliphatic heterocycles. The normalized spacial score (nSPS) is 28.7. The summed E-state index contributed by atoms with van der Waals surface area (Å²) >= 11 is 0. The number of likely N-dealkylation sites (N-methyl/N-ethyl adjacent to an activating group) is 1. The first-order valence-electron chi connectivity index (χ1n) is 14.0. The van der Waals surface area contributed by atoms with Crippen molar-refractivity contribution < 1.29 is 34.2 Å². The van der Waals surface area contributed by atoms with Crippen molar-refractivity contribution in [1.82, 2.24) is 4.90 Å². The molecule has 3 aliphatic rings. The molecule has 0 saturated heterocycles. The SMILES string of the molecule is CN(C)c1cc(NCCc2ccccc2)c(O)c2c1CC1CC3C(N(C)C)C(=O)C(C(N)=O)C(=O)C3(O)C(=O)C1C2=O. The number of anilines is 2. The summed E-state index contributed by atoms with van der Waals surface area (Å²) in [6, 6.07) is 10.4. The number of aliphatic hydroxyl groups is 1. The van der Waals surface area contributed by atoms with Gasteiger partial charge in [-0.05, 0) is 56.5 Å². The summed E-state index contributed by atoms with van der Waals surface area (Å²) < 4.78 is 0. The van der Waals surface area contributed by atoms with Crippen molar-refractivity contribution in [2.75, 3.05) is 45.0 Å². The molecule has 1 amide bonds. The van der Waals surface area contributed by atoms with Gasteiger partial charge in [-0.2, -0.15) is 0 Å². The number of hydrogen-bond acceptors (Lipinski definition) is 10. The Morgan fingerprint density at radius 2 is 1.74 bits per heavy atom. The number of aromatic hydroxyl groups is 1. The van der Waals surface area contributed by atoms with Crippen molar-refractivity contribution in [2.24, 2.45) is 29.4 Å². The molecular formula is C31H36N4O7. The molecule has 222 valence electrons. The lowest BCUT2D eigenvalue weighted by molar-refractivity contribution is -0.181. The lowest BCUT2D eigenvalue weighted by atomic mass is 9.52. The monoisotopic (exact) mass is 576 g/mol. The number of hydrogen-bond donors (Lipinski definition) is 4. The number of phenols is 1. The number of carbonyl (C=O) groups is 5. The van der Waals surface area contributed by atoms with Crippen LogP contribution in [0, 0.1) is 23.7 Å². The molecule has 0 radical (unpaired) electrons. The molecule has 0 aromatic heterocycles. The third kappa shape index (κ3) is 4.38. The van der Waals surface area contributed by atoms with E-state index >= 15 is 0 Å². The molecule has 2 saturated carbocycles. The van der Waals surface area contributed by atoms with Crippen molar-refractivity contribution in [3.05, 3.63) is 53.1 Å². The molecule has 0 heterocycles. The van der Waals surface area contributed by atoms with Crippen LogP contribution in [0.4, 0.5) is 11.4 Å². The number of fused-ring (bicyclic) bond motifs is 3. The zero-order chi connectivity index (χ0) is 30.7. The van der Waals surface area contributed by atoms with E-state index in [0.717, 1.165) is 5.56 Å². The third-order valence-electron chi connectivity index (χ3n) is 9.09. The van der Waals surface area contributed by atoms with Gasteiger partial charge in [0.25, 0.3) is 0 Å². The van der Waals surface area contributed by atoms with Crippen molar-refractivity contribution in [1.29, 1.82) is 0 Å². The number of Topliss-reactive ketones (excluding diaryl/α,β-unsaturated/α-hetero) is 4. The highest BCUT2D eigenvalue weighted by molar-refractivity contribution is 6.32. The minimum atomic E-state index is -2.75. The average Bonchev–Trinajstić information content (AvgIpc) is 2.92. The largest absolute Gasteiger partial charge is 0.505 e. The van der Waals surface area contributed by atoms with E-state index in [1.54, 1.807) is 20.2 Å². The first-order valence-corrected chi connectivity index (χ1v) is 14.0. The number of amides is 1. The van der Waals surface area contributed by atoms with Gasteiger partial charge in [-0.3, -0.25) is 28.9 Å². The van der Waals surface area contributed by atoms with Crippen LogP contribution < -0.4 is 16.0 Å². The second-order valence-corrected chi connectivity index (χ2v) is 12.0. The third-order valence-corrected chi connectivity index (χ3v) is 9.09. The maximum atomic E-state index is 14.1. The second-order valence-electron chi connectivity index (χ2n) is 12.0. The molecule has 2 aromatic rings. The van der Waals surface area contributed by atoms with E-state index in [2.05, 4.69) is 5.32 Å². The second kappa shape index (κ2) is 10.6. The van der Waals surface area contributed by atoms with E-state index in [1.165, 1.54) is 4.90 Å². The van der Waals surface area contributed by atoms with Crippen LogP contribution in [-0.2, 0) is 32.0 Å². The maximum absolute atomic E-state index is 14.1. The summed E-state index contributed by atoms with van der Waals surface area (Å²) in [5.74, 6) is -10.6. The van der Waals surface area contributed by atoms with Gasteiger partial charge in [0, 0.05) is 32.2 Å². The summed E-state index contributed by atoms with van der Waals surface area (Å²) in [4.78, 5) is 70.3. The van der Waals surface area contributed by atoms with Gasteiger partial charge < -0.3 is 26.2 Å². The fourth-order valence-corrected chi connectivity index (χ4v) is 7.17. The molecule has 6 atom stereocenters. The Hall–Kier alpha value is -4.09. The molecule has 5 rings (SSSR count). The van der Waals surface area contributed by atoms with Gasteiger partial charge in [-0.1, -0.05) is 30.3 Å². The number of ketones is 4. The van der Waals surface area contributed by atoms with Gasteiger partial charge in [-0.15, -0.1) is 0 Å². The number of phenolic OH excluding ortho intramolecular Hbond substituents is 1. The zero-order valence-corrected chi connectivity index (χ0v) is 24.1. The summed E-state index contributed by atoms with van der Waals surface area (Å²) in [7, 11) is 6.74. The lowest BCUT2D eigenvalue weighted by Crippen LogP contribution is -2.74. The van der Waals surface area contributed by atoms with E-state index in [1.807, 2.05) is 49.3 Å². The molecule has 42 heavy (non-hydrogen) atoms. The van der Waals surface area contributed by atoms with Crippen LogP contribution in [0.2, 0.25) is 0 Å². The Balaban J connectivity index is 1.56.